The van der Waals surface area contributed by atoms with Crippen LogP contribution in [0.2, 0.25) is 0 Å². The summed E-state index contributed by atoms with van der Waals surface area (Å²) < 4.78 is 15.6. The van der Waals surface area contributed by atoms with Gasteiger partial charge in [-0.3, -0.25) is 14.4 Å². The fourth-order valence-electron chi connectivity index (χ4n) is 2.71. The van der Waals surface area contributed by atoms with E-state index < -0.39 is 23.3 Å². The molecule has 2 aromatic heterocycles. The number of rotatable bonds is 7. The molecule has 3 rings (SSSR count). The van der Waals surface area contributed by atoms with Gasteiger partial charge in [-0.25, -0.2) is 4.98 Å². The summed E-state index contributed by atoms with van der Waals surface area (Å²) in [7, 11) is 1.48. The van der Waals surface area contributed by atoms with Gasteiger partial charge in [-0.15, -0.1) is 0 Å². The molecule has 0 unspecified atom stereocenters. The number of carbonyl (C=O) groups excluding carboxylic acids is 3. The number of carbonyl (C=O) groups is 3. The van der Waals surface area contributed by atoms with E-state index in [1.54, 1.807) is 38.1 Å². The Morgan fingerprint density at radius 2 is 1.94 bits per heavy atom. The highest BCUT2D eigenvalue weighted by Crippen LogP contribution is 2.32. The zero-order valence-corrected chi connectivity index (χ0v) is 17.2. The Morgan fingerprint density at radius 3 is 2.58 bits per heavy atom. The Bertz CT molecular complexity index is 1060. The summed E-state index contributed by atoms with van der Waals surface area (Å²) >= 11 is 0. The molecule has 0 aliphatic carbocycles. The maximum Gasteiger partial charge on any atom is 0.313 e. The molecule has 10 nitrogen and oxygen atoms in total. The first kappa shape index (κ1) is 21.6. The highest BCUT2D eigenvalue weighted by Gasteiger charge is 2.26. The smallest absolute Gasteiger partial charge is 0.313 e. The van der Waals surface area contributed by atoms with E-state index in [0.29, 0.717) is 22.8 Å². The Hall–Kier alpha value is -4.08. The lowest BCUT2D eigenvalue weighted by molar-refractivity contribution is -0.137. The van der Waals surface area contributed by atoms with E-state index in [4.69, 9.17) is 13.6 Å². The average molecular weight is 426 g/mol. The zero-order valence-electron chi connectivity index (χ0n) is 17.2. The van der Waals surface area contributed by atoms with Crippen LogP contribution in [0.5, 0.6) is 5.75 Å². The second kappa shape index (κ2) is 9.16. The quantitative estimate of drug-likeness (QED) is 0.493. The molecule has 3 N–H and O–H groups in total. The number of amides is 3. The normalized spacial score (nSPS) is 10.9. The molecule has 3 amide bonds. The van der Waals surface area contributed by atoms with E-state index in [9.17, 15) is 14.4 Å². The standard InChI is InChI=1S/C21H22N4O6/c1-21(2,11-23-18(26)15-5-4-8-30-15)25-20(28)19(27)24-13-6-7-14(16(9-13)29-3)17-10-22-12-31-17/h4-10,12H,11H2,1-3H3,(H,23,26)(H,24,27)(H,25,28). The van der Waals surface area contributed by atoms with Gasteiger partial charge in [-0.05, 0) is 38.1 Å². The van der Waals surface area contributed by atoms with Crippen LogP contribution in [0.15, 0.2) is 58.0 Å². The molecule has 3 aromatic rings. The lowest BCUT2D eigenvalue weighted by Crippen LogP contribution is -2.54. The summed E-state index contributed by atoms with van der Waals surface area (Å²) in [6.07, 6.45) is 4.23. The Kier molecular flexibility index (Phi) is 6.39. The van der Waals surface area contributed by atoms with Crippen LogP contribution < -0.4 is 20.7 Å². The first-order chi connectivity index (χ1) is 14.8. The molecule has 0 atom stereocenters. The van der Waals surface area contributed by atoms with Gasteiger partial charge in [0.05, 0.1) is 30.7 Å². The van der Waals surface area contributed by atoms with Crippen LogP contribution in [0.4, 0.5) is 5.69 Å². The van der Waals surface area contributed by atoms with Gasteiger partial charge in [0.2, 0.25) is 0 Å². The Morgan fingerprint density at radius 1 is 1.13 bits per heavy atom. The number of nitrogens with one attached hydrogen (secondary N) is 3. The number of ether oxygens (including phenoxy) is 1. The van der Waals surface area contributed by atoms with E-state index in [-0.39, 0.29) is 12.3 Å². The molecule has 0 saturated carbocycles. The second-order valence-corrected chi connectivity index (χ2v) is 7.23. The van der Waals surface area contributed by atoms with E-state index in [0.717, 1.165) is 0 Å². The number of hydrogen-bond acceptors (Lipinski definition) is 7. The number of benzene rings is 1. The summed E-state index contributed by atoms with van der Waals surface area (Å²) in [4.78, 5) is 40.5. The van der Waals surface area contributed by atoms with E-state index in [1.165, 1.54) is 32.0 Å². The first-order valence-corrected chi connectivity index (χ1v) is 9.31. The topological polar surface area (TPSA) is 136 Å². The van der Waals surface area contributed by atoms with Crippen LogP contribution in [0.25, 0.3) is 11.3 Å². The van der Waals surface area contributed by atoms with Gasteiger partial charge in [-0.2, -0.15) is 0 Å². The van der Waals surface area contributed by atoms with Gasteiger partial charge in [0.15, 0.2) is 17.9 Å². The van der Waals surface area contributed by atoms with Crippen LogP contribution in [0, 0.1) is 0 Å². The van der Waals surface area contributed by atoms with Crippen LogP contribution >= 0.6 is 0 Å². The molecule has 162 valence electrons. The number of aromatic nitrogens is 1. The number of nitrogens with zero attached hydrogens (tertiary/aromatic N) is 1. The third-order valence-corrected chi connectivity index (χ3v) is 4.25. The summed E-state index contributed by atoms with van der Waals surface area (Å²) in [5.41, 5.74) is 0.130. The van der Waals surface area contributed by atoms with Crippen molar-refractivity contribution in [3.8, 4) is 17.1 Å². The van der Waals surface area contributed by atoms with Crippen LogP contribution in [0.3, 0.4) is 0 Å². The maximum absolute atomic E-state index is 12.3. The lowest BCUT2D eigenvalue weighted by Gasteiger charge is -2.26. The van der Waals surface area contributed by atoms with Crippen LogP contribution in [-0.2, 0) is 9.59 Å². The molecule has 0 spiro atoms. The zero-order chi connectivity index (χ0) is 22.4. The first-order valence-electron chi connectivity index (χ1n) is 9.31. The van der Waals surface area contributed by atoms with Crippen molar-refractivity contribution in [2.45, 2.75) is 19.4 Å². The molecule has 31 heavy (non-hydrogen) atoms. The van der Waals surface area contributed by atoms with E-state index >= 15 is 0 Å². The average Bonchev–Trinajstić information content (AvgIpc) is 3.45. The molecule has 0 radical (unpaired) electrons. The molecule has 1 aromatic carbocycles. The van der Waals surface area contributed by atoms with Crippen molar-refractivity contribution in [2.24, 2.45) is 0 Å². The molecule has 0 bridgehead atoms. The summed E-state index contributed by atoms with van der Waals surface area (Å²) in [6, 6.07) is 7.98. The van der Waals surface area contributed by atoms with Gasteiger partial charge in [0.1, 0.15) is 5.75 Å². The summed E-state index contributed by atoms with van der Waals surface area (Å²) in [6.45, 7) is 3.44. The fraction of sp³-hybridized carbons (Fsp3) is 0.238. The van der Waals surface area contributed by atoms with Gasteiger partial charge in [-0.1, -0.05) is 0 Å². The number of oxazole rings is 1. The summed E-state index contributed by atoms with van der Waals surface area (Å²) in [5, 5.41) is 7.75. The van der Waals surface area contributed by atoms with Crippen molar-refractivity contribution in [2.75, 3.05) is 19.0 Å². The third-order valence-electron chi connectivity index (χ3n) is 4.25. The van der Waals surface area contributed by atoms with Crippen molar-refractivity contribution >= 4 is 23.4 Å². The van der Waals surface area contributed by atoms with Gasteiger partial charge in [0, 0.05) is 18.3 Å². The monoisotopic (exact) mass is 426 g/mol. The minimum Gasteiger partial charge on any atom is -0.496 e. The molecule has 0 saturated heterocycles. The van der Waals surface area contributed by atoms with Gasteiger partial charge in [0.25, 0.3) is 5.91 Å². The highest BCUT2D eigenvalue weighted by molar-refractivity contribution is 6.39. The van der Waals surface area contributed by atoms with Crippen molar-refractivity contribution in [3.63, 3.8) is 0 Å². The van der Waals surface area contributed by atoms with Gasteiger partial charge < -0.3 is 29.5 Å². The van der Waals surface area contributed by atoms with Crippen LogP contribution in [0.1, 0.15) is 24.4 Å². The van der Waals surface area contributed by atoms with Crippen molar-refractivity contribution in [1.29, 1.82) is 0 Å². The molecular weight excluding hydrogens is 404 g/mol. The van der Waals surface area contributed by atoms with Crippen molar-refractivity contribution < 1.29 is 28.0 Å². The number of furan rings is 1. The largest absolute Gasteiger partial charge is 0.496 e. The molecule has 2 heterocycles. The minimum atomic E-state index is -0.884. The third kappa shape index (κ3) is 5.50. The lowest BCUT2D eigenvalue weighted by atomic mass is 10.1. The Labute approximate surface area is 178 Å². The molecule has 0 fully saturated rings. The van der Waals surface area contributed by atoms with Gasteiger partial charge >= 0.3 is 11.8 Å². The predicted octanol–water partition coefficient (Wildman–Crippen LogP) is 2.21. The second-order valence-electron chi connectivity index (χ2n) is 7.23. The predicted molar refractivity (Wildman–Crippen MR) is 110 cm³/mol. The van der Waals surface area contributed by atoms with E-state index in [1.807, 2.05) is 0 Å². The summed E-state index contributed by atoms with van der Waals surface area (Å²) in [5.74, 6) is -1.03. The number of hydrogen-bond donors (Lipinski definition) is 3. The van der Waals surface area contributed by atoms with E-state index in [2.05, 4.69) is 20.9 Å². The molecular formula is C21H22N4O6. The van der Waals surface area contributed by atoms with Crippen molar-refractivity contribution in [1.82, 2.24) is 15.6 Å². The molecule has 0 aliphatic rings. The van der Waals surface area contributed by atoms with Crippen LogP contribution in [-0.4, -0.2) is 41.9 Å². The maximum atomic E-state index is 12.3. The number of methoxy groups -OCH3 is 1. The molecule has 0 aliphatic heterocycles. The molecule has 10 heteroatoms. The Balaban J connectivity index is 1.58. The SMILES string of the molecule is COc1cc(NC(=O)C(=O)NC(C)(C)CNC(=O)c2ccco2)ccc1-c1cnco1. The fourth-order valence-corrected chi connectivity index (χ4v) is 2.71. The number of anilines is 1. The highest BCUT2D eigenvalue weighted by atomic mass is 16.5. The minimum absolute atomic E-state index is 0.0885. The van der Waals surface area contributed by atoms with Crippen molar-refractivity contribution in [3.05, 3.63) is 54.9 Å².